The van der Waals surface area contributed by atoms with E-state index in [1.54, 1.807) is 0 Å². The van der Waals surface area contributed by atoms with Crippen LogP contribution in [0.4, 0.5) is 34.1 Å². The molecule has 0 aliphatic heterocycles. The molecule has 4 heteroatoms. The number of aryl methyl sites for hydroxylation is 4. The molecular weight excluding hydrogens is 837 g/mol. The maximum absolute atomic E-state index is 2.60. The second-order valence-electron chi connectivity index (χ2n) is 19.1. The van der Waals surface area contributed by atoms with Crippen molar-refractivity contribution >= 4 is 129 Å². The molecule has 0 spiro atoms. The Bertz CT molecular complexity index is 3650. The fourth-order valence-corrected chi connectivity index (χ4v) is 13.5. The highest BCUT2D eigenvalue weighted by atomic mass is 32.1. The highest BCUT2D eigenvalue weighted by Crippen LogP contribution is 2.54. The van der Waals surface area contributed by atoms with Crippen molar-refractivity contribution in [3.05, 3.63) is 191 Å². The lowest BCUT2D eigenvalue weighted by Crippen LogP contribution is -2.14. The van der Waals surface area contributed by atoms with Crippen LogP contribution in [0.3, 0.4) is 0 Å². The Morgan fingerprint density at radius 3 is 1.14 bits per heavy atom. The molecular formula is C62H52N2S2. The topological polar surface area (TPSA) is 6.48 Å². The van der Waals surface area contributed by atoms with E-state index in [2.05, 4.69) is 223 Å². The molecule has 0 saturated heterocycles. The Balaban J connectivity index is 1.22. The molecule has 10 aromatic carbocycles. The first kappa shape index (κ1) is 40.8. The largest absolute Gasteiger partial charge is 0.308 e. The molecule has 12 aromatic rings. The van der Waals surface area contributed by atoms with Gasteiger partial charge in [-0.05, 0) is 132 Å². The normalized spacial score (nSPS) is 12.2. The van der Waals surface area contributed by atoms with E-state index >= 15 is 0 Å². The Morgan fingerprint density at radius 1 is 0.333 bits per heavy atom. The minimum absolute atomic E-state index is 0.288. The molecule has 0 amide bonds. The van der Waals surface area contributed by atoms with Crippen LogP contribution in [0.5, 0.6) is 0 Å². The summed E-state index contributed by atoms with van der Waals surface area (Å²) in [4.78, 5) is 5.19. The monoisotopic (exact) mass is 888 g/mol. The summed E-state index contributed by atoms with van der Waals surface area (Å²) >= 11 is 3.81. The van der Waals surface area contributed by atoms with Crippen molar-refractivity contribution in [2.24, 2.45) is 0 Å². The van der Waals surface area contributed by atoms with Gasteiger partial charge >= 0.3 is 0 Å². The number of nitrogens with zero attached hydrogens (tertiary/aromatic N) is 2. The number of fused-ring (bicyclic) bond motifs is 6. The van der Waals surface area contributed by atoms with E-state index in [4.69, 9.17) is 0 Å². The predicted octanol–water partition coefficient (Wildman–Crippen LogP) is 19.7. The van der Waals surface area contributed by atoms with Gasteiger partial charge in [-0.1, -0.05) is 148 Å². The Morgan fingerprint density at radius 2 is 0.727 bits per heavy atom. The first-order chi connectivity index (χ1) is 32.0. The van der Waals surface area contributed by atoms with Crippen LogP contribution in [0.15, 0.2) is 158 Å². The number of rotatable bonds is 8. The zero-order chi connectivity index (χ0) is 45.1. The van der Waals surface area contributed by atoms with E-state index < -0.39 is 0 Å². The molecule has 322 valence electrons. The molecule has 0 fully saturated rings. The fraction of sp³-hybridized carbons (Fsp3) is 0.161. The SMILES string of the molecule is Cc1ccc(N(c2cc(C(C)C)c3ccc4c(N(c5ccc(C)cc5C)c5cccc6c5sc5ccccc56)cc(C(C)C)c5ccc2c3c54)c2cccc3c2sc2ccccc23)c(C)c1. The average Bonchev–Trinajstić information content (AvgIpc) is 3.89. The van der Waals surface area contributed by atoms with Gasteiger partial charge in [0.2, 0.25) is 0 Å². The fourth-order valence-electron chi connectivity index (χ4n) is 11.0. The van der Waals surface area contributed by atoms with Crippen LogP contribution in [0.2, 0.25) is 0 Å². The maximum atomic E-state index is 2.60. The summed E-state index contributed by atoms with van der Waals surface area (Å²) in [6.07, 6.45) is 0. The van der Waals surface area contributed by atoms with Gasteiger partial charge in [-0.25, -0.2) is 0 Å². The smallest absolute Gasteiger partial charge is 0.0640 e. The van der Waals surface area contributed by atoms with Crippen LogP contribution in [0.25, 0.3) is 72.7 Å². The summed E-state index contributed by atoms with van der Waals surface area (Å²) in [6, 6.07) is 60.3. The van der Waals surface area contributed by atoms with Gasteiger partial charge in [0.25, 0.3) is 0 Å². The lowest BCUT2D eigenvalue weighted by Gasteiger charge is -2.33. The second-order valence-corrected chi connectivity index (χ2v) is 21.2. The van der Waals surface area contributed by atoms with Gasteiger partial charge in [-0.15, -0.1) is 22.7 Å². The predicted molar refractivity (Wildman–Crippen MR) is 292 cm³/mol. The first-order valence-electron chi connectivity index (χ1n) is 23.4. The van der Waals surface area contributed by atoms with Crippen molar-refractivity contribution in [3.8, 4) is 0 Å². The molecule has 12 rings (SSSR count). The third kappa shape index (κ3) is 6.18. The Labute approximate surface area is 395 Å². The van der Waals surface area contributed by atoms with Gasteiger partial charge in [0.15, 0.2) is 0 Å². The summed E-state index contributed by atoms with van der Waals surface area (Å²) in [5.41, 5.74) is 15.1. The standard InChI is InChI=1S/C62H52N2S2/c1-35(2)49-33-55(63(51-29-23-37(5)31-39(51)7)53-19-13-17-45-41-15-9-11-21-57(41)65-61(45)53)47-28-26-44-50(36(3)4)34-56(48-27-25-43(49)59(47)60(44)48)64(52-30-24-38(6)32-40(52)8)54-20-14-18-46-42-16-10-12-22-58(42)66-62(46)54/h9-36H,1-8H3. The molecule has 0 unspecified atom stereocenters. The van der Waals surface area contributed by atoms with E-state index in [0.717, 1.165) is 0 Å². The highest BCUT2D eigenvalue weighted by molar-refractivity contribution is 7.26. The molecule has 0 aliphatic rings. The number of hydrogen-bond acceptors (Lipinski definition) is 4. The molecule has 2 aromatic heterocycles. The summed E-state index contributed by atoms with van der Waals surface area (Å²) in [5.74, 6) is 0.575. The van der Waals surface area contributed by atoms with Crippen LogP contribution in [0.1, 0.15) is 72.9 Å². The number of benzene rings is 10. The van der Waals surface area contributed by atoms with Gasteiger partial charge in [0.1, 0.15) is 0 Å². The highest BCUT2D eigenvalue weighted by Gasteiger charge is 2.28. The maximum Gasteiger partial charge on any atom is 0.0640 e. The van der Waals surface area contributed by atoms with E-state index in [0.29, 0.717) is 0 Å². The van der Waals surface area contributed by atoms with Crippen LogP contribution in [0, 0.1) is 27.7 Å². The van der Waals surface area contributed by atoms with Crippen molar-refractivity contribution < 1.29 is 0 Å². The third-order valence-corrected chi connectivity index (χ3v) is 16.5. The number of thiophene rings is 2. The van der Waals surface area contributed by atoms with Crippen molar-refractivity contribution in [1.29, 1.82) is 0 Å². The zero-order valence-electron chi connectivity index (χ0n) is 38.9. The van der Waals surface area contributed by atoms with E-state index in [-0.39, 0.29) is 11.8 Å². The molecule has 0 aliphatic carbocycles. The molecule has 0 saturated carbocycles. The van der Waals surface area contributed by atoms with Gasteiger partial charge in [-0.2, -0.15) is 0 Å². The summed E-state index contributed by atoms with van der Waals surface area (Å²) < 4.78 is 5.23. The molecule has 2 nitrogen and oxygen atoms in total. The summed E-state index contributed by atoms with van der Waals surface area (Å²) in [7, 11) is 0. The van der Waals surface area contributed by atoms with Crippen LogP contribution in [-0.4, -0.2) is 0 Å². The van der Waals surface area contributed by atoms with Gasteiger partial charge in [-0.3, -0.25) is 0 Å². The first-order valence-corrected chi connectivity index (χ1v) is 25.0. The van der Waals surface area contributed by atoms with Crippen molar-refractivity contribution in [3.63, 3.8) is 0 Å². The molecule has 0 atom stereocenters. The second kappa shape index (κ2) is 15.4. The van der Waals surface area contributed by atoms with E-state index in [9.17, 15) is 0 Å². The molecule has 66 heavy (non-hydrogen) atoms. The van der Waals surface area contributed by atoms with Crippen LogP contribution in [-0.2, 0) is 0 Å². The minimum Gasteiger partial charge on any atom is -0.308 e. The van der Waals surface area contributed by atoms with E-state index in [1.807, 2.05) is 22.7 Å². The number of anilines is 6. The minimum atomic E-state index is 0.288. The zero-order valence-corrected chi connectivity index (χ0v) is 40.5. The Hall–Kier alpha value is -6.72. The van der Waals surface area contributed by atoms with Crippen molar-refractivity contribution in [1.82, 2.24) is 0 Å². The quantitative estimate of drug-likeness (QED) is 0.140. The summed E-state index contributed by atoms with van der Waals surface area (Å²) in [6.45, 7) is 18.4. The van der Waals surface area contributed by atoms with Crippen molar-refractivity contribution in [2.75, 3.05) is 9.80 Å². The lowest BCUT2D eigenvalue weighted by molar-refractivity contribution is 0.875. The molecule has 0 radical (unpaired) electrons. The number of hydrogen-bond donors (Lipinski definition) is 0. The van der Waals surface area contributed by atoms with Gasteiger partial charge in [0, 0.05) is 53.1 Å². The van der Waals surface area contributed by atoms with Crippen LogP contribution < -0.4 is 9.80 Å². The van der Waals surface area contributed by atoms with Crippen molar-refractivity contribution in [2.45, 2.75) is 67.2 Å². The van der Waals surface area contributed by atoms with Gasteiger partial charge < -0.3 is 9.80 Å². The van der Waals surface area contributed by atoms with Crippen LogP contribution >= 0.6 is 22.7 Å². The summed E-state index contributed by atoms with van der Waals surface area (Å²) in [5, 5.41) is 13.1. The Kier molecular flexibility index (Phi) is 9.54. The average molecular weight is 889 g/mol. The molecule has 0 N–H and O–H groups in total. The third-order valence-electron chi connectivity index (χ3n) is 14.1. The lowest BCUT2D eigenvalue weighted by atomic mass is 9.84. The van der Waals surface area contributed by atoms with Gasteiger partial charge in [0.05, 0.1) is 32.1 Å². The molecule has 2 heterocycles. The van der Waals surface area contributed by atoms with E-state index in [1.165, 1.54) is 140 Å². The molecule has 0 bridgehead atoms.